The summed E-state index contributed by atoms with van der Waals surface area (Å²) in [6.07, 6.45) is -3.11. The third-order valence-electron chi connectivity index (χ3n) is 4.54. The lowest BCUT2D eigenvalue weighted by Gasteiger charge is -2.14. The van der Waals surface area contributed by atoms with Gasteiger partial charge in [-0.15, -0.1) is 0 Å². The summed E-state index contributed by atoms with van der Waals surface area (Å²) in [6, 6.07) is 13.0. The number of nitrogens with one attached hydrogen (secondary N) is 1. The number of pyridine rings is 1. The summed E-state index contributed by atoms with van der Waals surface area (Å²) in [5.74, 6) is -0.511. The van der Waals surface area contributed by atoms with Crippen LogP contribution in [0.4, 0.5) is 18.9 Å². The van der Waals surface area contributed by atoms with Gasteiger partial charge in [-0.05, 0) is 30.3 Å². The summed E-state index contributed by atoms with van der Waals surface area (Å²) in [7, 11) is 1.60. The van der Waals surface area contributed by atoms with Crippen LogP contribution >= 0.6 is 11.6 Å². The van der Waals surface area contributed by atoms with Crippen LogP contribution in [0.25, 0.3) is 22.3 Å². The molecule has 2 heterocycles. The van der Waals surface area contributed by atoms with Crippen LogP contribution in [0.15, 0.2) is 60.8 Å². The molecule has 0 aliphatic carbocycles. The Morgan fingerprint density at radius 2 is 1.87 bits per heavy atom. The van der Waals surface area contributed by atoms with Gasteiger partial charge in [0.25, 0.3) is 5.91 Å². The smallest absolute Gasteiger partial charge is 0.322 e. The van der Waals surface area contributed by atoms with E-state index in [4.69, 9.17) is 11.6 Å². The van der Waals surface area contributed by atoms with E-state index in [0.717, 1.165) is 6.07 Å². The van der Waals surface area contributed by atoms with E-state index >= 15 is 0 Å². The molecule has 0 saturated heterocycles. The zero-order valence-electron chi connectivity index (χ0n) is 15.5. The van der Waals surface area contributed by atoms with Crippen LogP contribution < -0.4 is 5.32 Å². The minimum absolute atomic E-state index is 0.0234. The summed E-state index contributed by atoms with van der Waals surface area (Å²) in [5, 5.41) is 7.67. The topological polar surface area (TPSA) is 59.8 Å². The molecule has 0 atom stereocenters. The third-order valence-corrected chi connectivity index (χ3v) is 4.78. The monoisotopic (exact) mass is 430 g/mol. The number of amides is 1. The summed E-state index contributed by atoms with van der Waals surface area (Å²) < 4.78 is 42.0. The van der Waals surface area contributed by atoms with Gasteiger partial charge in [0.1, 0.15) is 0 Å². The fourth-order valence-electron chi connectivity index (χ4n) is 3.16. The number of aromatic nitrogens is 3. The van der Waals surface area contributed by atoms with Crippen LogP contribution in [0.2, 0.25) is 5.02 Å². The minimum Gasteiger partial charge on any atom is -0.322 e. The maximum atomic E-state index is 13.5. The fourth-order valence-corrected chi connectivity index (χ4v) is 3.35. The van der Waals surface area contributed by atoms with Gasteiger partial charge in [-0.1, -0.05) is 35.9 Å². The highest BCUT2D eigenvalue weighted by molar-refractivity contribution is 6.31. The molecule has 0 unspecified atom stereocenters. The second kappa shape index (κ2) is 7.46. The van der Waals surface area contributed by atoms with E-state index in [1.807, 2.05) is 0 Å². The van der Waals surface area contributed by atoms with E-state index in [9.17, 15) is 18.0 Å². The van der Waals surface area contributed by atoms with E-state index in [0.29, 0.717) is 21.7 Å². The first-order valence-electron chi connectivity index (χ1n) is 8.80. The highest BCUT2D eigenvalue weighted by atomic mass is 35.5. The van der Waals surface area contributed by atoms with E-state index in [1.165, 1.54) is 35.1 Å². The van der Waals surface area contributed by atoms with Crippen LogP contribution in [0.3, 0.4) is 0 Å². The molecule has 0 aliphatic heterocycles. The first kappa shape index (κ1) is 19.9. The Morgan fingerprint density at radius 3 is 2.60 bits per heavy atom. The van der Waals surface area contributed by atoms with Crippen molar-refractivity contribution in [2.75, 3.05) is 5.32 Å². The second-order valence-electron chi connectivity index (χ2n) is 6.57. The van der Waals surface area contributed by atoms with Crippen molar-refractivity contribution >= 4 is 34.2 Å². The normalized spacial score (nSPS) is 11.6. The molecular weight excluding hydrogens is 417 g/mol. The van der Waals surface area contributed by atoms with Gasteiger partial charge in [-0.3, -0.25) is 9.48 Å². The quantitative estimate of drug-likeness (QED) is 0.463. The van der Waals surface area contributed by atoms with E-state index in [2.05, 4.69) is 15.4 Å². The molecule has 2 aromatic heterocycles. The fraction of sp³-hybridized carbons (Fsp3) is 0.0952. The molecule has 9 heteroatoms. The molecule has 4 aromatic rings. The molecule has 4 rings (SSSR count). The molecule has 1 N–H and O–H groups in total. The van der Waals surface area contributed by atoms with Crippen LogP contribution in [0, 0.1) is 0 Å². The van der Waals surface area contributed by atoms with Crippen molar-refractivity contribution < 1.29 is 18.0 Å². The molecule has 0 aliphatic rings. The van der Waals surface area contributed by atoms with Gasteiger partial charge >= 0.3 is 6.18 Å². The van der Waals surface area contributed by atoms with Crippen molar-refractivity contribution in [3.05, 3.63) is 76.9 Å². The van der Waals surface area contributed by atoms with E-state index < -0.39 is 17.6 Å². The number of rotatable bonds is 3. The van der Waals surface area contributed by atoms with Crippen LogP contribution in [-0.2, 0) is 13.2 Å². The Labute approximate surface area is 174 Å². The van der Waals surface area contributed by atoms with Crippen molar-refractivity contribution in [1.29, 1.82) is 0 Å². The lowest BCUT2D eigenvalue weighted by Crippen LogP contribution is -2.13. The highest BCUT2D eigenvalue weighted by Gasteiger charge is 2.34. The first-order valence-corrected chi connectivity index (χ1v) is 9.18. The number of nitrogens with zero attached hydrogens (tertiary/aromatic N) is 3. The number of carbonyl (C=O) groups excluding carboxylic acids is 1. The number of halogens is 4. The highest BCUT2D eigenvalue weighted by Crippen LogP contribution is 2.37. The van der Waals surface area contributed by atoms with E-state index in [1.54, 1.807) is 31.3 Å². The maximum Gasteiger partial charge on any atom is 0.417 e. The zero-order chi connectivity index (χ0) is 21.5. The minimum atomic E-state index is -4.57. The molecule has 0 radical (unpaired) electrons. The summed E-state index contributed by atoms with van der Waals surface area (Å²) in [5.41, 5.74) is -0.0280. The zero-order valence-corrected chi connectivity index (χ0v) is 16.3. The Morgan fingerprint density at radius 1 is 1.10 bits per heavy atom. The number of carbonyl (C=O) groups is 1. The number of benzene rings is 2. The predicted octanol–water partition coefficient (Wildman–Crippen LogP) is 5.56. The number of anilines is 1. The Kier molecular flexibility index (Phi) is 4.95. The molecule has 30 heavy (non-hydrogen) atoms. The molecule has 1 amide bonds. The van der Waals surface area contributed by atoms with Gasteiger partial charge in [0.15, 0.2) is 5.65 Å². The maximum absolute atomic E-state index is 13.5. The van der Waals surface area contributed by atoms with Crippen molar-refractivity contribution in [3.63, 3.8) is 0 Å². The largest absolute Gasteiger partial charge is 0.417 e. The molecule has 0 saturated carbocycles. The molecule has 0 fully saturated rings. The van der Waals surface area contributed by atoms with E-state index in [-0.39, 0.29) is 16.8 Å². The SMILES string of the molecule is Cn1ncc2c(C(=O)Nc3cccc(Cl)c3)cc(-c3ccccc3C(F)(F)F)nc21. The molecule has 0 bridgehead atoms. The summed E-state index contributed by atoms with van der Waals surface area (Å²) in [6.45, 7) is 0. The van der Waals surface area contributed by atoms with Crippen LogP contribution in [0.1, 0.15) is 15.9 Å². The molecule has 2 aromatic carbocycles. The van der Waals surface area contributed by atoms with Crippen LogP contribution in [0.5, 0.6) is 0 Å². The Balaban J connectivity index is 1.87. The van der Waals surface area contributed by atoms with Crippen molar-refractivity contribution in [3.8, 4) is 11.3 Å². The molecule has 152 valence electrons. The Hall–Kier alpha value is -3.39. The van der Waals surface area contributed by atoms with Crippen molar-refractivity contribution in [2.45, 2.75) is 6.18 Å². The summed E-state index contributed by atoms with van der Waals surface area (Å²) in [4.78, 5) is 17.3. The summed E-state index contributed by atoms with van der Waals surface area (Å²) >= 11 is 5.96. The number of aryl methyl sites for hydroxylation is 1. The number of hydrogen-bond donors (Lipinski definition) is 1. The Bertz CT molecular complexity index is 1270. The van der Waals surface area contributed by atoms with Gasteiger partial charge in [0.05, 0.1) is 28.4 Å². The molecule has 5 nitrogen and oxygen atoms in total. The number of hydrogen-bond acceptors (Lipinski definition) is 3. The van der Waals surface area contributed by atoms with Gasteiger partial charge < -0.3 is 5.32 Å². The number of fused-ring (bicyclic) bond motifs is 1. The first-order chi connectivity index (χ1) is 14.2. The average molecular weight is 431 g/mol. The standard InChI is InChI=1S/C21H14ClF3N4O/c1-29-19-16(11-26-29)15(20(30)27-13-6-4-5-12(22)9-13)10-18(28-19)14-7-2-3-8-17(14)21(23,24)25/h2-11H,1H3,(H,27,30). The molecule has 0 spiro atoms. The molecular formula is C21H14ClF3N4O. The predicted molar refractivity (Wildman–Crippen MR) is 108 cm³/mol. The van der Waals surface area contributed by atoms with Crippen molar-refractivity contribution in [2.24, 2.45) is 7.05 Å². The lowest BCUT2D eigenvalue weighted by atomic mass is 10.0. The van der Waals surface area contributed by atoms with Gasteiger partial charge in [0.2, 0.25) is 0 Å². The van der Waals surface area contributed by atoms with Gasteiger partial charge in [-0.25, -0.2) is 4.98 Å². The third kappa shape index (κ3) is 3.73. The lowest BCUT2D eigenvalue weighted by molar-refractivity contribution is -0.137. The average Bonchev–Trinajstić information content (AvgIpc) is 3.07. The number of alkyl halides is 3. The van der Waals surface area contributed by atoms with Gasteiger partial charge in [0, 0.05) is 23.3 Å². The van der Waals surface area contributed by atoms with Crippen molar-refractivity contribution in [1.82, 2.24) is 14.8 Å². The van der Waals surface area contributed by atoms with Crippen LogP contribution in [-0.4, -0.2) is 20.7 Å². The van der Waals surface area contributed by atoms with Gasteiger partial charge in [-0.2, -0.15) is 18.3 Å². The second-order valence-corrected chi connectivity index (χ2v) is 7.00.